The number of carbonyl (C=O) groups is 1. The number of halogens is 1. The van der Waals surface area contributed by atoms with E-state index in [4.69, 9.17) is 9.73 Å². The third kappa shape index (κ3) is 9.18. The number of hydrogen-bond acceptors (Lipinski definition) is 5. The molecule has 1 amide bonds. The first-order valence-electron chi connectivity index (χ1n) is 11.2. The van der Waals surface area contributed by atoms with E-state index >= 15 is 0 Å². The van der Waals surface area contributed by atoms with Crippen molar-refractivity contribution in [2.24, 2.45) is 10.9 Å². The summed E-state index contributed by atoms with van der Waals surface area (Å²) in [4.78, 5) is 25.6. The molecule has 1 aromatic heterocycles. The van der Waals surface area contributed by atoms with Crippen LogP contribution in [-0.2, 0) is 11.3 Å². The molecule has 0 aromatic carbocycles. The summed E-state index contributed by atoms with van der Waals surface area (Å²) in [6, 6.07) is 4.15. The van der Waals surface area contributed by atoms with Crippen molar-refractivity contribution < 1.29 is 9.53 Å². The Morgan fingerprint density at radius 3 is 2.68 bits per heavy atom. The third-order valence-electron chi connectivity index (χ3n) is 5.20. The van der Waals surface area contributed by atoms with Crippen LogP contribution in [0.2, 0.25) is 0 Å². The number of guanidine groups is 1. The molecule has 0 atom stereocenters. The van der Waals surface area contributed by atoms with Gasteiger partial charge in [0, 0.05) is 51.0 Å². The molecule has 0 unspecified atom stereocenters. The van der Waals surface area contributed by atoms with E-state index in [0.29, 0.717) is 24.9 Å². The number of pyridine rings is 1. The lowest BCUT2D eigenvalue weighted by Gasteiger charge is -2.36. The van der Waals surface area contributed by atoms with Gasteiger partial charge in [0.05, 0.1) is 19.7 Å². The van der Waals surface area contributed by atoms with Crippen LogP contribution in [0.15, 0.2) is 23.3 Å². The number of nitrogens with zero attached hydrogens (tertiary/aromatic N) is 4. The van der Waals surface area contributed by atoms with E-state index in [2.05, 4.69) is 32.3 Å². The number of aliphatic imine (C=N–C) groups is 1. The van der Waals surface area contributed by atoms with E-state index in [1.165, 1.54) is 12.8 Å². The Bertz CT molecular complexity index is 718. The highest BCUT2D eigenvalue weighted by molar-refractivity contribution is 14.0. The van der Waals surface area contributed by atoms with E-state index < -0.39 is 0 Å². The highest BCUT2D eigenvalue weighted by atomic mass is 127. The van der Waals surface area contributed by atoms with Crippen LogP contribution >= 0.6 is 24.0 Å². The highest BCUT2D eigenvalue weighted by Crippen LogP contribution is 2.29. The molecule has 2 N–H and O–H groups in total. The molecule has 2 aliphatic rings. The first kappa shape index (κ1) is 25.6. The zero-order valence-corrected chi connectivity index (χ0v) is 21.3. The average Bonchev–Trinajstić information content (AvgIpc) is 3.54. The van der Waals surface area contributed by atoms with Crippen LogP contribution < -0.4 is 15.4 Å². The summed E-state index contributed by atoms with van der Waals surface area (Å²) in [5.41, 5.74) is 1.09. The molecule has 31 heavy (non-hydrogen) atoms. The van der Waals surface area contributed by atoms with Crippen molar-refractivity contribution in [2.75, 3.05) is 45.9 Å². The number of piperazine rings is 1. The second-order valence-corrected chi connectivity index (χ2v) is 8.41. The van der Waals surface area contributed by atoms with Gasteiger partial charge in [0.25, 0.3) is 0 Å². The normalized spacial score (nSPS) is 17.3. The van der Waals surface area contributed by atoms with E-state index in [0.717, 1.165) is 50.9 Å². The van der Waals surface area contributed by atoms with E-state index in [-0.39, 0.29) is 35.9 Å². The van der Waals surface area contributed by atoms with Crippen LogP contribution in [0, 0.1) is 5.92 Å². The summed E-state index contributed by atoms with van der Waals surface area (Å²) in [6.45, 7) is 12.1. The molecule has 1 aliphatic carbocycles. The number of nitrogens with one attached hydrogen (secondary N) is 2. The maximum Gasteiger partial charge on any atom is 0.234 e. The smallest absolute Gasteiger partial charge is 0.234 e. The summed E-state index contributed by atoms with van der Waals surface area (Å²) >= 11 is 0. The Morgan fingerprint density at radius 1 is 1.29 bits per heavy atom. The zero-order chi connectivity index (χ0) is 21.3. The molecule has 1 aromatic rings. The predicted octanol–water partition coefficient (Wildman–Crippen LogP) is 2.10. The largest absolute Gasteiger partial charge is 0.477 e. The van der Waals surface area contributed by atoms with Crippen LogP contribution in [0.1, 0.15) is 39.2 Å². The van der Waals surface area contributed by atoms with Gasteiger partial charge in [0.1, 0.15) is 0 Å². The number of hydrogen-bond donors (Lipinski definition) is 2. The summed E-state index contributed by atoms with van der Waals surface area (Å²) in [6.07, 6.45) is 4.33. The summed E-state index contributed by atoms with van der Waals surface area (Å²) in [7, 11) is 0. The fourth-order valence-electron chi connectivity index (χ4n) is 3.40. The minimum atomic E-state index is 0. The van der Waals surface area contributed by atoms with Crippen LogP contribution in [0.4, 0.5) is 0 Å². The number of carbonyl (C=O) groups excluding carboxylic acids is 1. The molecule has 0 radical (unpaired) electrons. The Labute approximate surface area is 203 Å². The van der Waals surface area contributed by atoms with Gasteiger partial charge in [-0.05, 0) is 51.2 Å². The Balaban J connectivity index is 0.00000341. The van der Waals surface area contributed by atoms with Gasteiger partial charge < -0.3 is 20.3 Å². The number of aromatic nitrogens is 1. The van der Waals surface area contributed by atoms with Crippen molar-refractivity contribution in [1.82, 2.24) is 25.4 Å². The lowest BCUT2D eigenvalue weighted by atomic mass is 10.2. The van der Waals surface area contributed by atoms with Crippen molar-refractivity contribution >= 4 is 35.8 Å². The van der Waals surface area contributed by atoms with E-state index in [1.807, 2.05) is 26.0 Å². The molecule has 2 fully saturated rings. The average molecular weight is 544 g/mol. The molecule has 0 bridgehead atoms. The van der Waals surface area contributed by atoms with Crippen LogP contribution in [-0.4, -0.2) is 78.6 Å². The zero-order valence-electron chi connectivity index (χ0n) is 19.0. The van der Waals surface area contributed by atoms with Crippen molar-refractivity contribution in [2.45, 2.75) is 46.2 Å². The maximum absolute atomic E-state index is 12.0. The molecular formula is C22H37IN6O2. The molecule has 9 heteroatoms. The highest BCUT2D eigenvalue weighted by Gasteiger charge is 2.22. The number of ether oxygens (including phenoxy) is 1. The lowest BCUT2D eigenvalue weighted by Crippen LogP contribution is -2.54. The van der Waals surface area contributed by atoms with Gasteiger partial charge in [0.2, 0.25) is 11.8 Å². The third-order valence-corrected chi connectivity index (χ3v) is 5.20. The SMILES string of the molecule is CCNC(=NCc1ccnc(OCC2CC2)c1)N1CCN(CC(=O)NC(C)C)CC1.I. The summed E-state index contributed by atoms with van der Waals surface area (Å²) < 4.78 is 5.78. The molecule has 0 spiro atoms. The number of rotatable bonds is 9. The first-order valence-corrected chi connectivity index (χ1v) is 11.2. The minimum absolute atomic E-state index is 0. The van der Waals surface area contributed by atoms with Crippen molar-refractivity contribution in [3.05, 3.63) is 23.9 Å². The Morgan fingerprint density at radius 2 is 2.03 bits per heavy atom. The Hall–Kier alpha value is -1.62. The van der Waals surface area contributed by atoms with Crippen LogP contribution in [0.25, 0.3) is 0 Å². The monoisotopic (exact) mass is 544 g/mol. The second kappa shape index (κ2) is 13.0. The molecule has 3 rings (SSSR count). The van der Waals surface area contributed by atoms with Gasteiger partial charge >= 0.3 is 0 Å². The topological polar surface area (TPSA) is 82.1 Å². The van der Waals surface area contributed by atoms with Gasteiger partial charge in [-0.2, -0.15) is 0 Å². The quantitative estimate of drug-likeness (QED) is 0.282. The first-order chi connectivity index (χ1) is 14.5. The molecule has 174 valence electrons. The van der Waals surface area contributed by atoms with Crippen molar-refractivity contribution in [3.8, 4) is 5.88 Å². The minimum Gasteiger partial charge on any atom is -0.477 e. The van der Waals surface area contributed by atoms with Gasteiger partial charge in [-0.15, -0.1) is 24.0 Å². The van der Waals surface area contributed by atoms with Gasteiger partial charge in [0.15, 0.2) is 5.96 Å². The predicted molar refractivity (Wildman–Crippen MR) is 134 cm³/mol. The van der Waals surface area contributed by atoms with Gasteiger partial charge in [-0.1, -0.05) is 0 Å². The van der Waals surface area contributed by atoms with Crippen molar-refractivity contribution in [3.63, 3.8) is 0 Å². The van der Waals surface area contributed by atoms with Gasteiger partial charge in [-0.3, -0.25) is 9.69 Å². The van der Waals surface area contributed by atoms with Gasteiger partial charge in [-0.25, -0.2) is 9.98 Å². The summed E-state index contributed by atoms with van der Waals surface area (Å²) in [5, 5.41) is 6.36. The molecule has 1 aliphatic heterocycles. The Kier molecular flexibility index (Phi) is 10.8. The lowest BCUT2D eigenvalue weighted by molar-refractivity contribution is -0.123. The molecule has 1 saturated carbocycles. The molecule has 1 saturated heterocycles. The van der Waals surface area contributed by atoms with E-state index in [9.17, 15) is 4.79 Å². The van der Waals surface area contributed by atoms with E-state index in [1.54, 1.807) is 6.20 Å². The molecule has 8 nitrogen and oxygen atoms in total. The van der Waals surface area contributed by atoms with Crippen LogP contribution in [0.5, 0.6) is 5.88 Å². The van der Waals surface area contributed by atoms with Crippen LogP contribution in [0.3, 0.4) is 0 Å². The molecular weight excluding hydrogens is 507 g/mol. The second-order valence-electron chi connectivity index (χ2n) is 8.41. The fraction of sp³-hybridized carbons (Fsp3) is 0.682. The standard InChI is InChI=1S/C22H36N6O2.HI/c1-4-23-22(28-11-9-27(10-12-28)15-20(29)26-17(2)3)25-14-19-7-8-24-21(13-19)30-16-18-5-6-18;/h7-8,13,17-18H,4-6,9-12,14-16H2,1-3H3,(H,23,25)(H,26,29);1H. The number of amides is 1. The summed E-state index contributed by atoms with van der Waals surface area (Å²) in [5.74, 6) is 2.41. The maximum atomic E-state index is 12.0. The molecule has 2 heterocycles. The van der Waals surface area contributed by atoms with Crippen molar-refractivity contribution in [1.29, 1.82) is 0 Å². The fourth-order valence-corrected chi connectivity index (χ4v) is 3.40.